The summed E-state index contributed by atoms with van der Waals surface area (Å²) in [7, 11) is 0. The van der Waals surface area contributed by atoms with Crippen molar-refractivity contribution in [2.75, 3.05) is 0 Å². The first kappa shape index (κ1) is 11.4. The summed E-state index contributed by atoms with van der Waals surface area (Å²) in [5, 5.41) is 0. The molecule has 0 aromatic carbocycles. The first-order valence-electron chi connectivity index (χ1n) is 5.86. The molecule has 0 aromatic heterocycles. The van der Waals surface area contributed by atoms with Crippen molar-refractivity contribution in [2.45, 2.75) is 39.7 Å². The van der Waals surface area contributed by atoms with Crippen LogP contribution in [0.15, 0.2) is 24.3 Å². The highest BCUT2D eigenvalue weighted by Gasteiger charge is 2.60. The fraction of sp³-hybridized carbons (Fsp3) is 0.643. The van der Waals surface area contributed by atoms with Crippen LogP contribution in [0.3, 0.4) is 0 Å². The zero-order chi connectivity index (χ0) is 12.1. The second-order valence-corrected chi connectivity index (χ2v) is 5.83. The monoisotopic (exact) mass is 220 g/mol. The molecule has 0 amide bonds. The van der Waals surface area contributed by atoms with E-state index in [4.69, 9.17) is 4.74 Å². The van der Waals surface area contributed by atoms with Crippen molar-refractivity contribution >= 4 is 5.97 Å². The molecule has 0 aliphatic heterocycles. The SMILES string of the molecule is C=C(C)C(=O)OC1(C)C2C=CC(C2)C1(C)C. The Balaban J connectivity index is 2.28. The Hall–Kier alpha value is -1.05. The van der Waals surface area contributed by atoms with E-state index in [-0.39, 0.29) is 17.0 Å². The van der Waals surface area contributed by atoms with Crippen molar-refractivity contribution < 1.29 is 9.53 Å². The number of rotatable bonds is 2. The molecule has 1 fully saturated rings. The van der Waals surface area contributed by atoms with Crippen LogP contribution < -0.4 is 0 Å². The largest absolute Gasteiger partial charge is 0.455 e. The van der Waals surface area contributed by atoms with Gasteiger partial charge in [0.15, 0.2) is 0 Å². The maximum atomic E-state index is 11.7. The van der Waals surface area contributed by atoms with Gasteiger partial charge >= 0.3 is 5.97 Å². The predicted octanol–water partition coefficient (Wildman–Crippen LogP) is 3.10. The fourth-order valence-corrected chi connectivity index (χ4v) is 2.98. The molecule has 2 bridgehead atoms. The minimum atomic E-state index is -0.386. The standard InChI is InChI=1S/C14H20O2/c1-9(2)12(15)16-14(5)11-7-6-10(8-11)13(14,3)4/h6-7,10-11H,1,8H2,2-5H3. The Morgan fingerprint density at radius 1 is 1.31 bits per heavy atom. The molecular weight excluding hydrogens is 200 g/mol. The molecule has 2 nitrogen and oxygen atoms in total. The smallest absolute Gasteiger partial charge is 0.333 e. The van der Waals surface area contributed by atoms with E-state index >= 15 is 0 Å². The third-order valence-corrected chi connectivity index (χ3v) is 4.65. The van der Waals surface area contributed by atoms with Gasteiger partial charge in [-0.05, 0) is 26.2 Å². The van der Waals surface area contributed by atoms with Crippen LogP contribution in [-0.2, 0) is 9.53 Å². The minimum absolute atomic E-state index is 0.0114. The number of carbonyl (C=O) groups is 1. The van der Waals surface area contributed by atoms with Gasteiger partial charge in [-0.2, -0.15) is 0 Å². The number of ether oxygens (including phenoxy) is 1. The first-order chi connectivity index (χ1) is 7.29. The normalized spacial score (nSPS) is 38.8. The molecule has 88 valence electrons. The van der Waals surface area contributed by atoms with Crippen molar-refractivity contribution in [2.24, 2.45) is 17.3 Å². The van der Waals surface area contributed by atoms with Crippen molar-refractivity contribution in [1.82, 2.24) is 0 Å². The number of esters is 1. The van der Waals surface area contributed by atoms with Gasteiger partial charge in [0.25, 0.3) is 0 Å². The highest BCUT2D eigenvalue weighted by Crippen LogP contribution is 2.59. The molecule has 2 rings (SSSR count). The lowest BCUT2D eigenvalue weighted by Crippen LogP contribution is -2.49. The molecule has 2 aliphatic rings. The maximum absolute atomic E-state index is 11.7. The highest BCUT2D eigenvalue weighted by molar-refractivity contribution is 5.87. The molecule has 1 saturated carbocycles. The second kappa shape index (κ2) is 3.22. The van der Waals surface area contributed by atoms with Gasteiger partial charge in [-0.1, -0.05) is 32.6 Å². The molecule has 0 spiro atoms. The van der Waals surface area contributed by atoms with Crippen LogP contribution in [0.2, 0.25) is 0 Å². The van der Waals surface area contributed by atoms with E-state index in [9.17, 15) is 4.79 Å². The Morgan fingerprint density at radius 3 is 2.31 bits per heavy atom. The van der Waals surface area contributed by atoms with Gasteiger partial charge in [-0.15, -0.1) is 0 Å². The van der Waals surface area contributed by atoms with Gasteiger partial charge in [0.2, 0.25) is 0 Å². The number of fused-ring (bicyclic) bond motifs is 2. The van der Waals surface area contributed by atoms with E-state index < -0.39 is 0 Å². The number of hydrogen-bond acceptors (Lipinski definition) is 2. The average molecular weight is 220 g/mol. The van der Waals surface area contributed by atoms with Crippen molar-refractivity contribution in [3.05, 3.63) is 24.3 Å². The highest BCUT2D eigenvalue weighted by atomic mass is 16.6. The zero-order valence-corrected chi connectivity index (χ0v) is 10.5. The summed E-state index contributed by atoms with van der Waals surface area (Å²) in [5.41, 5.74) is 0.101. The predicted molar refractivity (Wildman–Crippen MR) is 63.8 cm³/mol. The van der Waals surface area contributed by atoms with Gasteiger partial charge < -0.3 is 4.74 Å². The van der Waals surface area contributed by atoms with Crippen LogP contribution in [0.1, 0.15) is 34.1 Å². The lowest BCUT2D eigenvalue weighted by molar-refractivity contribution is -0.168. The van der Waals surface area contributed by atoms with Crippen molar-refractivity contribution in [3.8, 4) is 0 Å². The van der Waals surface area contributed by atoms with Crippen LogP contribution in [-0.4, -0.2) is 11.6 Å². The number of allylic oxidation sites excluding steroid dienone is 1. The lowest BCUT2D eigenvalue weighted by atomic mass is 9.69. The molecule has 0 aromatic rings. The summed E-state index contributed by atoms with van der Waals surface area (Å²) in [6.07, 6.45) is 5.57. The summed E-state index contributed by atoms with van der Waals surface area (Å²) >= 11 is 0. The number of carbonyl (C=O) groups excluding carboxylic acids is 1. The Morgan fingerprint density at radius 2 is 1.88 bits per heavy atom. The fourth-order valence-electron chi connectivity index (χ4n) is 2.98. The molecular formula is C14H20O2. The first-order valence-corrected chi connectivity index (χ1v) is 5.86. The molecule has 0 radical (unpaired) electrons. The third kappa shape index (κ3) is 1.28. The van der Waals surface area contributed by atoms with E-state index in [1.165, 1.54) is 0 Å². The molecule has 2 heteroatoms. The van der Waals surface area contributed by atoms with E-state index in [0.29, 0.717) is 17.4 Å². The van der Waals surface area contributed by atoms with Crippen molar-refractivity contribution in [1.29, 1.82) is 0 Å². The Kier molecular flexibility index (Phi) is 2.30. The van der Waals surface area contributed by atoms with Gasteiger partial charge in [-0.25, -0.2) is 4.79 Å². The molecule has 0 saturated heterocycles. The quantitative estimate of drug-likeness (QED) is 0.406. The van der Waals surface area contributed by atoms with E-state index in [2.05, 4.69) is 39.5 Å². The van der Waals surface area contributed by atoms with Gasteiger partial charge in [0.1, 0.15) is 5.60 Å². The molecule has 0 N–H and O–H groups in total. The second-order valence-electron chi connectivity index (χ2n) is 5.83. The Bertz CT molecular complexity index is 378. The molecule has 3 atom stereocenters. The zero-order valence-electron chi connectivity index (χ0n) is 10.5. The van der Waals surface area contributed by atoms with Crippen LogP contribution in [0.5, 0.6) is 0 Å². The summed E-state index contributed by atoms with van der Waals surface area (Å²) in [6, 6.07) is 0. The molecule has 2 aliphatic carbocycles. The van der Waals surface area contributed by atoms with Crippen LogP contribution in [0.4, 0.5) is 0 Å². The Labute approximate surface area is 97.4 Å². The summed E-state index contributed by atoms with van der Waals surface area (Å²) in [6.45, 7) is 11.8. The van der Waals surface area contributed by atoms with E-state index in [1.54, 1.807) is 6.92 Å². The number of hydrogen-bond donors (Lipinski definition) is 0. The van der Waals surface area contributed by atoms with Crippen LogP contribution in [0, 0.1) is 17.3 Å². The van der Waals surface area contributed by atoms with E-state index in [1.807, 2.05) is 0 Å². The van der Waals surface area contributed by atoms with Crippen molar-refractivity contribution in [3.63, 3.8) is 0 Å². The van der Waals surface area contributed by atoms with Crippen LogP contribution in [0.25, 0.3) is 0 Å². The van der Waals surface area contributed by atoms with Gasteiger partial charge in [0, 0.05) is 16.9 Å². The molecule has 3 unspecified atom stereocenters. The average Bonchev–Trinajstić information content (AvgIpc) is 2.70. The minimum Gasteiger partial charge on any atom is -0.455 e. The molecule has 0 heterocycles. The maximum Gasteiger partial charge on any atom is 0.333 e. The van der Waals surface area contributed by atoms with E-state index in [0.717, 1.165) is 6.42 Å². The van der Waals surface area contributed by atoms with Gasteiger partial charge in [0.05, 0.1) is 0 Å². The summed E-state index contributed by atoms with van der Waals surface area (Å²) < 4.78 is 5.72. The molecule has 16 heavy (non-hydrogen) atoms. The topological polar surface area (TPSA) is 26.3 Å². The third-order valence-electron chi connectivity index (χ3n) is 4.65. The summed E-state index contributed by atoms with van der Waals surface area (Å²) in [5.74, 6) is 0.618. The lowest BCUT2D eigenvalue weighted by Gasteiger charge is -2.44. The van der Waals surface area contributed by atoms with Gasteiger partial charge in [-0.3, -0.25) is 0 Å². The summed E-state index contributed by atoms with van der Waals surface area (Å²) in [4.78, 5) is 11.7. The van der Waals surface area contributed by atoms with Crippen LogP contribution >= 0.6 is 0 Å².